The number of aliphatic hydroxyl groups excluding tert-OH is 1. The van der Waals surface area contributed by atoms with E-state index < -0.39 is 17.8 Å². The Bertz CT molecular complexity index is 1110. The molecule has 0 radical (unpaired) electrons. The van der Waals surface area contributed by atoms with Crippen molar-refractivity contribution >= 4 is 30.0 Å². The minimum absolute atomic E-state index is 0. The number of carbonyl (C=O) groups excluding carboxylic acids is 1. The second-order valence-electron chi connectivity index (χ2n) is 9.19. The first-order chi connectivity index (χ1) is 17.3. The number of rotatable bonds is 8. The minimum Gasteiger partial charge on any atom is -0.490 e. The summed E-state index contributed by atoms with van der Waals surface area (Å²) in [6.07, 6.45) is 2.81. The Hall–Kier alpha value is -2.81. The van der Waals surface area contributed by atoms with Crippen LogP contribution in [-0.2, 0) is 11.0 Å². The van der Waals surface area contributed by atoms with Crippen molar-refractivity contribution in [2.45, 2.75) is 31.5 Å². The van der Waals surface area contributed by atoms with Crippen LogP contribution in [0.25, 0.3) is 11.6 Å². The first kappa shape index (κ1) is 28.8. The van der Waals surface area contributed by atoms with Gasteiger partial charge >= 0.3 is 6.18 Å². The maximum Gasteiger partial charge on any atom is 0.416 e. The molecule has 0 aromatic heterocycles. The van der Waals surface area contributed by atoms with Crippen LogP contribution in [-0.4, -0.2) is 66.2 Å². The van der Waals surface area contributed by atoms with E-state index in [0.717, 1.165) is 43.1 Å². The lowest BCUT2D eigenvalue weighted by Gasteiger charge is -2.28. The van der Waals surface area contributed by atoms with Crippen molar-refractivity contribution < 1.29 is 27.8 Å². The van der Waals surface area contributed by atoms with E-state index in [1.165, 1.54) is 12.1 Å². The van der Waals surface area contributed by atoms with Crippen molar-refractivity contribution in [1.82, 2.24) is 9.80 Å². The van der Waals surface area contributed by atoms with Gasteiger partial charge in [-0.05, 0) is 54.7 Å². The predicted molar refractivity (Wildman–Crippen MR) is 141 cm³/mol. The highest BCUT2D eigenvalue weighted by Crippen LogP contribution is 2.32. The monoisotopic (exact) mass is 536 g/mol. The van der Waals surface area contributed by atoms with Crippen molar-refractivity contribution in [2.75, 3.05) is 39.3 Å². The molecule has 1 saturated heterocycles. The number of nitrogens with zero attached hydrogens (tertiary/aromatic N) is 2. The molecule has 2 heterocycles. The van der Waals surface area contributed by atoms with E-state index in [1.807, 2.05) is 34.1 Å². The van der Waals surface area contributed by atoms with Crippen LogP contribution in [0.5, 0.6) is 5.75 Å². The number of β-amino-alcohol motifs (C(OH)–C–C–N with tert-alkyl or cyclic N) is 1. The predicted octanol–water partition coefficient (Wildman–Crippen LogP) is 5.29. The maximum atomic E-state index is 13.0. The molecule has 2 aromatic rings. The van der Waals surface area contributed by atoms with E-state index in [-0.39, 0.29) is 24.9 Å². The third-order valence-corrected chi connectivity index (χ3v) is 6.50. The number of hydrogen-bond acceptors (Lipinski definition) is 4. The molecule has 1 amide bonds. The molecule has 2 aromatic carbocycles. The highest BCUT2D eigenvalue weighted by molar-refractivity contribution is 5.92. The average molecular weight is 537 g/mol. The normalized spacial score (nSPS) is 17.4. The Balaban J connectivity index is 0.00000380. The average Bonchev–Trinajstić information content (AvgIpc) is 3.42. The SMILES string of the molecule is Cl.O=C(C=Cc1ccccc1OCC(O)CN1CC=C(c2cccc(C(F)(F)F)c2)CC1)N1CCCC1. The van der Waals surface area contributed by atoms with Crippen LogP contribution in [0, 0.1) is 0 Å². The Morgan fingerprint density at radius 1 is 1.08 bits per heavy atom. The van der Waals surface area contributed by atoms with Crippen molar-refractivity contribution in [1.29, 1.82) is 0 Å². The van der Waals surface area contributed by atoms with Gasteiger partial charge in [0.25, 0.3) is 0 Å². The number of carbonyl (C=O) groups is 1. The van der Waals surface area contributed by atoms with Crippen LogP contribution in [0.1, 0.15) is 36.0 Å². The van der Waals surface area contributed by atoms with Crippen LogP contribution >= 0.6 is 12.4 Å². The van der Waals surface area contributed by atoms with Gasteiger partial charge in [0.1, 0.15) is 18.5 Å². The first-order valence-corrected chi connectivity index (χ1v) is 12.3. The molecule has 1 atom stereocenters. The minimum atomic E-state index is -4.36. The van der Waals surface area contributed by atoms with Gasteiger partial charge in [0.2, 0.25) is 5.91 Å². The number of amides is 1. The molecule has 2 aliphatic rings. The fourth-order valence-corrected chi connectivity index (χ4v) is 4.52. The molecule has 0 aliphatic carbocycles. The lowest BCUT2D eigenvalue weighted by molar-refractivity contribution is -0.137. The number of benzene rings is 2. The van der Waals surface area contributed by atoms with Gasteiger partial charge in [0, 0.05) is 44.4 Å². The van der Waals surface area contributed by atoms with E-state index >= 15 is 0 Å². The highest BCUT2D eigenvalue weighted by Gasteiger charge is 2.30. The van der Waals surface area contributed by atoms with Crippen LogP contribution in [0.15, 0.2) is 60.7 Å². The zero-order chi connectivity index (χ0) is 25.5. The van der Waals surface area contributed by atoms with Gasteiger partial charge in [-0.15, -0.1) is 12.4 Å². The molecule has 0 saturated carbocycles. The number of para-hydroxylation sites is 1. The highest BCUT2D eigenvalue weighted by atomic mass is 35.5. The smallest absolute Gasteiger partial charge is 0.416 e. The molecule has 2 aliphatic heterocycles. The summed E-state index contributed by atoms with van der Waals surface area (Å²) in [5.74, 6) is 0.581. The molecule has 5 nitrogen and oxygen atoms in total. The van der Waals surface area contributed by atoms with Gasteiger partial charge in [0.15, 0.2) is 0 Å². The quantitative estimate of drug-likeness (QED) is 0.466. The van der Waals surface area contributed by atoms with Crippen LogP contribution < -0.4 is 4.74 Å². The molecule has 1 N–H and O–H groups in total. The third kappa shape index (κ3) is 8.09. The summed E-state index contributed by atoms with van der Waals surface area (Å²) in [5, 5.41) is 10.5. The second-order valence-corrected chi connectivity index (χ2v) is 9.19. The van der Waals surface area contributed by atoms with Crippen molar-refractivity contribution in [3.05, 3.63) is 77.4 Å². The van der Waals surface area contributed by atoms with E-state index in [4.69, 9.17) is 4.74 Å². The topological polar surface area (TPSA) is 53.0 Å². The third-order valence-electron chi connectivity index (χ3n) is 6.50. The molecule has 9 heteroatoms. The van der Waals surface area contributed by atoms with Crippen LogP contribution in [0.3, 0.4) is 0 Å². The van der Waals surface area contributed by atoms with Gasteiger partial charge in [-0.2, -0.15) is 13.2 Å². The molecule has 1 unspecified atom stereocenters. The van der Waals surface area contributed by atoms with Gasteiger partial charge in [0.05, 0.1) is 5.56 Å². The van der Waals surface area contributed by atoms with E-state index in [0.29, 0.717) is 37.4 Å². The first-order valence-electron chi connectivity index (χ1n) is 12.3. The molecular formula is C28H32ClF3N2O3. The lowest BCUT2D eigenvalue weighted by atomic mass is 9.97. The molecule has 37 heavy (non-hydrogen) atoms. The number of alkyl halides is 3. The molecule has 0 bridgehead atoms. The molecule has 1 fully saturated rings. The summed E-state index contributed by atoms with van der Waals surface area (Å²) in [7, 11) is 0. The lowest BCUT2D eigenvalue weighted by Crippen LogP contribution is -2.38. The maximum absolute atomic E-state index is 13.0. The number of aliphatic hydroxyl groups is 1. The number of halogens is 4. The molecule has 0 spiro atoms. The van der Waals surface area contributed by atoms with E-state index in [1.54, 1.807) is 24.3 Å². The molecular weight excluding hydrogens is 505 g/mol. The Labute approximate surface area is 221 Å². The standard InChI is InChI=1S/C28H31F3N2O3.ClH/c29-28(30,31)24-8-5-7-23(18-24)21-12-16-32(17-13-21)19-25(34)20-36-26-9-2-1-6-22(26)10-11-27(35)33-14-3-4-15-33;/h1-2,5-12,18,25,34H,3-4,13-17,19-20H2;1H. The fourth-order valence-electron chi connectivity index (χ4n) is 4.52. The van der Waals surface area contributed by atoms with Crippen molar-refractivity contribution in [3.8, 4) is 5.75 Å². The summed E-state index contributed by atoms with van der Waals surface area (Å²) in [6.45, 7) is 3.24. The summed E-state index contributed by atoms with van der Waals surface area (Å²) >= 11 is 0. The van der Waals surface area contributed by atoms with Gasteiger partial charge < -0.3 is 14.7 Å². The number of ether oxygens (including phenoxy) is 1. The van der Waals surface area contributed by atoms with E-state index in [9.17, 15) is 23.1 Å². The van der Waals surface area contributed by atoms with Crippen LogP contribution in [0.2, 0.25) is 0 Å². The summed E-state index contributed by atoms with van der Waals surface area (Å²) in [6, 6.07) is 12.8. The number of hydrogen-bond donors (Lipinski definition) is 1. The van der Waals surface area contributed by atoms with Crippen molar-refractivity contribution in [2.24, 2.45) is 0 Å². The Kier molecular flexibility index (Phi) is 10.2. The number of likely N-dealkylation sites (tertiary alicyclic amines) is 1. The fraction of sp³-hybridized carbons (Fsp3) is 0.393. The molecule has 200 valence electrons. The van der Waals surface area contributed by atoms with Crippen molar-refractivity contribution in [3.63, 3.8) is 0 Å². The zero-order valence-corrected chi connectivity index (χ0v) is 21.3. The summed E-state index contributed by atoms with van der Waals surface area (Å²) in [4.78, 5) is 16.2. The van der Waals surface area contributed by atoms with E-state index in [2.05, 4.69) is 0 Å². The van der Waals surface area contributed by atoms with Gasteiger partial charge in [-0.25, -0.2) is 0 Å². The Morgan fingerprint density at radius 2 is 1.84 bits per heavy atom. The largest absolute Gasteiger partial charge is 0.490 e. The second kappa shape index (κ2) is 13.1. The van der Waals surface area contributed by atoms with Gasteiger partial charge in [-0.3, -0.25) is 9.69 Å². The summed E-state index contributed by atoms with van der Waals surface area (Å²) in [5.41, 5.74) is 1.59. The Morgan fingerprint density at radius 3 is 2.54 bits per heavy atom. The van der Waals surface area contributed by atoms with Crippen LogP contribution in [0.4, 0.5) is 13.2 Å². The van der Waals surface area contributed by atoms with Gasteiger partial charge in [-0.1, -0.05) is 36.4 Å². The summed E-state index contributed by atoms with van der Waals surface area (Å²) < 4.78 is 44.9. The zero-order valence-electron chi connectivity index (χ0n) is 20.5. The molecule has 4 rings (SSSR count).